The van der Waals surface area contributed by atoms with E-state index in [0.717, 1.165) is 23.5 Å². The van der Waals surface area contributed by atoms with Gasteiger partial charge in [-0.15, -0.1) is 0 Å². The van der Waals surface area contributed by atoms with Gasteiger partial charge in [0.05, 0.1) is 0 Å². The Bertz CT molecular complexity index is 337. The van der Waals surface area contributed by atoms with Gasteiger partial charge >= 0.3 is 0 Å². The van der Waals surface area contributed by atoms with Crippen LogP contribution in [0.25, 0.3) is 0 Å². The first kappa shape index (κ1) is 15.7. The summed E-state index contributed by atoms with van der Waals surface area (Å²) in [6.07, 6.45) is 1.22. The van der Waals surface area contributed by atoms with Crippen LogP contribution in [-0.4, -0.2) is 24.5 Å². The van der Waals surface area contributed by atoms with Gasteiger partial charge in [-0.1, -0.05) is 55.3 Å². The molecule has 0 aliphatic rings. The van der Waals surface area contributed by atoms with Crippen LogP contribution in [0, 0.1) is 5.92 Å². The predicted octanol–water partition coefficient (Wildman–Crippen LogP) is 3.82. The molecule has 2 unspecified atom stereocenters. The van der Waals surface area contributed by atoms with Gasteiger partial charge in [-0.25, -0.2) is 0 Å². The molecule has 102 valence electrons. The third-order valence-corrected chi connectivity index (χ3v) is 4.10. The maximum Gasteiger partial charge on any atom is 0.0470 e. The van der Waals surface area contributed by atoms with E-state index < -0.39 is 0 Å². The maximum absolute atomic E-state index is 5.98. The van der Waals surface area contributed by atoms with E-state index in [0.29, 0.717) is 12.6 Å². The Labute approximate surface area is 120 Å². The zero-order valence-electron chi connectivity index (χ0n) is 11.7. The molecule has 0 aliphatic carbocycles. The average Bonchev–Trinajstić information content (AvgIpc) is 2.40. The predicted molar refractivity (Wildman–Crippen MR) is 82.6 cm³/mol. The van der Waals surface area contributed by atoms with Crippen molar-refractivity contribution in [2.24, 2.45) is 11.7 Å². The second-order valence-electron chi connectivity index (χ2n) is 4.90. The van der Waals surface area contributed by atoms with Gasteiger partial charge in [0.25, 0.3) is 0 Å². The Kier molecular flexibility index (Phi) is 6.90. The molecular formula is C15H25BrN2. The molecule has 1 aromatic rings. The first-order valence-corrected chi connectivity index (χ1v) is 7.61. The van der Waals surface area contributed by atoms with Crippen LogP contribution >= 0.6 is 15.9 Å². The molecule has 0 fully saturated rings. The molecule has 0 aliphatic heterocycles. The topological polar surface area (TPSA) is 29.3 Å². The van der Waals surface area contributed by atoms with Crippen molar-refractivity contribution in [2.45, 2.75) is 33.2 Å². The van der Waals surface area contributed by atoms with Crippen LogP contribution < -0.4 is 5.73 Å². The normalized spacial score (nSPS) is 14.8. The van der Waals surface area contributed by atoms with Crippen LogP contribution in [0.1, 0.15) is 38.8 Å². The minimum atomic E-state index is 0.331. The van der Waals surface area contributed by atoms with Crippen LogP contribution in [0.5, 0.6) is 0 Å². The van der Waals surface area contributed by atoms with Gasteiger partial charge in [0.2, 0.25) is 0 Å². The molecule has 0 aromatic heterocycles. The van der Waals surface area contributed by atoms with Crippen LogP contribution in [0.4, 0.5) is 0 Å². The van der Waals surface area contributed by atoms with Crippen LogP contribution in [0.2, 0.25) is 0 Å². The molecule has 0 radical (unpaired) electrons. The van der Waals surface area contributed by atoms with Gasteiger partial charge in [0, 0.05) is 23.6 Å². The second kappa shape index (κ2) is 7.93. The molecule has 1 rings (SSSR count). The minimum Gasteiger partial charge on any atom is -0.329 e. The van der Waals surface area contributed by atoms with Gasteiger partial charge in [-0.05, 0) is 30.2 Å². The Balaban J connectivity index is 2.82. The van der Waals surface area contributed by atoms with Gasteiger partial charge in [-0.2, -0.15) is 0 Å². The van der Waals surface area contributed by atoms with Gasteiger partial charge in [0.1, 0.15) is 0 Å². The highest BCUT2D eigenvalue weighted by Gasteiger charge is 2.18. The summed E-state index contributed by atoms with van der Waals surface area (Å²) < 4.78 is 1.12. The molecule has 3 heteroatoms. The summed E-state index contributed by atoms with van der Waals surface area (Å²) >= 11 is 3.48. The standard InChI is InChI=1S/C15H25BrN2/c1-4-12(3)11-18(5-2)15(10-17)13-6-8-14(16)9-7-13/h6-9,12,15H,4-5,10-11,17H2,1-3H3. The van der Waals surface area contributed by atoms with E-state index in [1.807, 2.05) is 0 Å². The number of halogens is 1. The lowest BCUT2D eigenvalue weighted by atomic mass is 10.0. The van der Waals surface area contributed by atoms with E-state index in [9.17, 15) is 0 Å². The van der Waals surface area contributed by atoms with E-state index >= 15 is 0 Å². The van der Waals surface area contributed by atoms with Crippen LogP contribution in [0.15, 0.2) is 28.7 Å². The van der Waals surface area contributed by atoms with Gasteiger partial charge in [-0.3, -0.25) is 4.90 Å². The van der Waals surface area contributed by atoms with Crippen LogP contribution in [0.3, 0.4) is 0 Å². The number of hydrogen-bond donors (Lipinski definition) is 1. The Morgan fingerprint density at radius 2 is 1.83 bits per heavy atom. The second-order valence-corrected chi connectivity index (χ2v) is 5.82. The molecule has 2 atom stereocenters. The summed E-state index contributed by atoms with van der Waals surface area (Å²) in [5, 5.41) is 0. The summed E-state index contributed by atoms with van der Waals surface area (Å²) in [6.45, 7) is 9.59. The zero-order valence-corrected chi connectivity index (χ0v) is 13.3. The summed E-state index contributed by atoms with van der Waals surface area (Å²) in [7, 11) is 0. The van der Waals surface area contributed by atoms with Gasteiger partial charge < -0.3 is 5.73 Å². The molecule has 2 nitrogen and oxygen atoms in total. The third kappa shape index (κ3) is 4.38. The van der Waals surface area contributed by atoms with E-state index in [1.54, 1.807) is 0 Å². The van der Waals surface area contributed by atoms with Crippen molar-refractivity contribution < 1.29 is 0 Å². The van der Waals surface area contributed by atoms with Crippen molar-refractivity contribution in [2.75, 3.05) is 19.6 Å². The molecule has 0 amide bonds. The number of likely N-dealkylation sites (N-methyl/N-ethyl adjacent to an activating group) is 1. The van der Waals surface area contributed by atoms with E-state index in [-0.39, 0.29) is 0 Å². The summed E-state index contributed by atoms with van der Waals surface area (Å²) in [6, 6.07) is 8.85. The van der Waals surface area contributed by atoms with Crippen molar-refractivity contribution in [3.05, 3.63) is 34.3 Å². The summed E-state index contributed by atoms with van der Waals surface area (Å²) in [5.74, 6) is 0.717. The van der Waals surface area contributed by atoms with Crippen molar-refractivity contribution in [1.82, 2.24) is 4.90 Å². The van der Waals surface area contributed by atoms with E-state index in [1.165, 1.54) is 12.0 Å². The summed E-state index contributed by atoms with van der Waals surface area (Å²) in [5.41, 5.74) is 7.29. The van der Waals surface area contributed by atoms with Crippen molar-refractivity contribution in [3.8, 4) is 0 Å². The fourth-order valence-corrected chi connectivity index (χ4v) is 2.45. The third-order valence-electron chi connectivity index (χ3n) is 3.57. The molecule has 0 spiro atoms. The monoisotopic (exact) mass is 312 g/mol. The lowest BCUT2D eigenvalue weighted by Crippen LogP contribution is -2.36. The molecule has 0 saturated heterocycles. The van der Waals surface area contributed by atoms with Gasteiger partial charge in [0.15, 0.2) is 0 Å². The number of hydrogen-bond acceptors (Lipinski definition) is 2. The van der Waals surface area contributed by atoms with Crippen LogP contribution in [-0.2, 0) is 0 Å². The highest BCUT2D eigenvalue weighted by Crippen LogP contribution is 2.23. The molecule has 2 N–H and O–H groups in total. The summed E-state index contributed by atoms with van der Waals surface area (Å²) in [4.78, 5) is 2.48. The number of nitrogens with zero attached hydrogens (tertiary/aromatic N) is 1. The largest absolute Gasteiger partial charge is 0.329 e. The van der Waals surface area contributed by atoms with E-state index in [2.05, 4.69) is 65.9 Å². The lowest BCUT2D eigenvalue weighted by molar-refractivity contribution is 0.182. The zero-order chi connectivity index (χ0) is 13.5. The molecule has 18 heavy (non-hydrogen) atoms. The average molecular weight is 313 g/mol. The molecule has 0 bridgehead atoms. The minimum absolute atomic E-state index is 0.331. The molecule has 0 heterocycles. The quantitative estimate of drug-likeness (QED) is 0.829. The Morgan fingerprint density at radius 1 is 1.22 bits per heavy atom. The fourth-order valence-electron chi connectivity index (χ4n) is 2.19. The maximum atomic E-state index is 5.98. The Hall–Kier alpha value is -0.380. The molecular weight excluding hydrogens is 288 g/mol. The smallest absolute Gasteiger partial charge is 0.0470 e. The first-order valence-electron chi connectivity index (χ1n) is 6.81. The van der Waals surface area contributed by atoms with Crippen molar-refractivity contribution >= 4 is 15.9 Å². The number of benzene rings is 1. The number of nitrogens with two attached hydrogens (primary N) is 1. The highest BCUT2D eigenvalue weighted by molar-refractivity contribution is 9.10. The molecule has 1 aromatic carbocycles. The van der Waals surface area contributed by atoms with Crippen molar-refractivity contribution in [1.29, 1.82) is 0 Å². The lowest BCUT2D eigenvalue weighted by Gasteiger charge is -2.32. The highest BCUT2D eigenvalue weighted by atomic mass is 79.9. The van der Waals surface area contributed by atoms with E-state index in [4.69, 9.17) is 5.73 Å². The first-order chi connectivity index (χ1) is 8.62. The molecule has 0 saturated carbocycles. The van der Waals surface area contributed by atoms with Crippen molar-refractivity contribution in [3.63, 3.8) is 0 Å². The SMILES string of the molecule is CCC(C)CN(CC)C(CN)c1ccc(Br)cc1. The fraction of sp³-hybridized carbons (Fsp3) is 0.600. The number of rotatable bonds is 7. The Morgan fingerprint density at radius 3 is 2.28 bits per heavy atom.